The lowest BCUT2D eigenvalue weighted by molar-refractivity contribution is 0.112. The van der Waals surface area contributed by atoms with Crippen LogP contribution < -0.4 is 0 Å². The Labute approximate surface area is 112 Å². The Morgan fingerprint density at radius 1 is 1.47 bits per heavy atom. The van der Waals surface area contributed by atoms with Gasteiger partial charge >= 0.3 is 0 Å². The van der Waals surface area contributed by atoms with E-state index in [-0.39, 0.29) is 6.10 Å². The molecule has 17 heavy (non-hydrogen) atoms. The largest absolute Gasteiger partial charge is 0.388 e. The monoisotopic (exact) mass is 297 g/mol. The highest BCUT2D eigenvalue weighted by Gasteiger charge is 2.22. The highest BCUT2D eigenvalue weighted by atomic mass is 79.9. The minimum absolute atomic E-state index is 0.352. The molecule has 0 bridgehead atoms. The molecule has 2 rings (SSSR count). The molecule has 0 heterocycles. The molecule has 3 heteroatoms. The van der Waals surface area contributed by atoms with Gasteiger partial charge in [-0.15, -0.1) is 0 Å². The summed E-state index contributed by atoms with van der Waals surface area (Å²) >= 11 is 3.43. The van der Waals surface area contributed by atoms with Gasteiger partial charge in [-0.1, -0.05) is 34.5 Å². The highest BCUT2D eigenvalue weighted by Crippen LogP contribution is 2.25. The second-order valence-electron chi connectivity index (χ2n) is 4.92. The fraction of sp³-hybridized carbons (Fsp3) is 0.571. The first-order valence-electron chi connectivity index (χ1n) is 6.30. The molecule has 0 radical (unpaired) electrons. The summed E-state index contributed by atoms with van der Waals surface area (Å²) in [5.41, 5.74) is 1.00. The molecule has 0 aromatic heterocycles. The average Bonchev–Trinajstić information content (AvgIpc) is 2.23. The maximum atomic E-state index is 10.1. The number of nitrogens with zero attached hydrogens (tertiary/aromatic N) is 1. The van der Waals surface area contributed by atoms with Gasteiger partial charge in [0.05, 0.1) is 6.10 Å². The summed E-state index contributed by atoms with van der Waals surface area (Å²) in [5, 5.41) is 10.1. The fourth-order valence-electron chi connectivity index (χ4n) is 2.22. The molecule has 2 nitrogen and oxygen atoms in total. The predicted octanol–water partition coefficient (Wildman–Crippen LogP) is 3.36. The first kappa shape index (κ1) is 13.1. The van der Waals surface area contributed by atoms with E-state index in [1.54, 1.807) is 0 Å². The van der Waals surface area contributed by atoms with E-state index >= 15 is 0 Å². The van der Waals surface area contributed by atoms with Gasteiger partial charge in [-0.2, -0.15) is 0 Å². The minimum atomic E-state index is -0.352. The molecule has 1 saturated carbocycles. The smallest absolute Gasteiger partial charge is 0.0802 e. The second kappa shape index (κ2) is 5.98. The van der Waals surface area contributed by atoms with Crippen LogP contribution in [0.5, 0.6) is 0 Å². The molecule has 0 aliphatic heterocycles. The molecule has 1 aliphatic rings. The molecule has 1 unspecified atom stereocenters. The molecule has 0 saturated heterocycles. The van der Waals surface area contributed by atoms with Crippen molar-refractivity contribution in [3.05, 3.63) is 34.3 Å². The lowest BCUT2D eigenvalue weighted by Gasteiger charge is -2.35. The minimum Gasteiger partial charge on any atom is -0.388 e. The van der Waals surface area contributed by atoms with Gasteiger partial charge in [0.25, 0.3) is 0 Å². The molecule has 1 aromatic carbocycles. The molecule has 1 aromatic rings. The maximum Gasteiger partial charge on any atom is 0.0802 e. The van der Waals surface area contributed by atoms with Crippen molar-refractivity contribution in [3.8, 4) is 0 Å². The quantitative estimate of drug-likeness (QED) is 0.901. The zero-order valence-corrected chi connectivity index (χ0v) is 11.9. The third-order valence-electron chi connectivity index (χ3n) is 3.69. The Bertz CT molecular complexity index is 365. The van der Waals surface area contributed by atoms with Crippen LogP contribution in [0.25, 0.3) is 0 Å². The first-order chi connectivity index (χ1) is 8.16. The standard InChI is InChI=1S/C14H20BrNO/c1-16(13-6-3-7-13)9-8-14(17)11-4-2-5-12(15)10-11/h2,4-5,10,13-14,17H,3,6-9H2,1H3. The Morgan fingerprint density at radius 2 is 2.24 bits per heavy atom. The van der Waals surface area contributed by atoms with Crippen molar-refractivity contribution in [1.82, 2.24) is 4.90 Å². The first-order valence-corrected chi connectivity index (χ1v) is 7.10. The summed E-state index contributed by atoms with van der Waals surface area (Å²) < 4.78 is 1.03. The zero-order valence-electron chi connectivity index (χ0n) is 10.3. The van der Waals surface area contributed by atoms with Crippen LogP contribution in [-0.4, -0.2) is 29.6 Å². The summed E-state index contributed by atoms with van der Waals surface area (Å²) in [7, 11) is 2.16. The third-order valence-corrected chi connectivity index (χ3v) is 4.18. The number of aliphatic hydroxyl groups is 1. The molecule has 1 fully saturated rings. The SMILES string of the molecule is CN(CCC(O)c1cccc(Br)c1)C1CCC1. The van der Waals surface area contributed by atoms with E-state index in [4.69, 9.17) is 0 Å². The van der Waals surface area contributed by atoms with E-state index in [0.29, 0.717) is 0 Å². The molecule has 94 valence electrons. The Morgan fingerprint density at radius 3 is 2.82 bits per heavy atom. The lowest BCUT2D eigenvalue weighted by Crippen LogP contribution is -2.38. The second-order valence-corrected chi connectivity index (χ2v) is 5.84. The third kappa shape index (κ3) is 3.54. The van der Waals surface area contributed by atoms with Crippen molar-refractivity contribution in [1.29, 1.82) is 0 Å². The van der Waals surface area contributed by atoms with Crippen molar-refractivity contribution < 1.29 is 5.11 Å². The van der Waals surface area contributed by atoms with Crippen molar-refractivity contribution in [3.63, 3.8) is 0 Å². The van der Waals surface area contributed by atoms with Crippen molar-refractivity contribution in [2.24, 2.45) is 0 Å². The summed E-state index contributed by atoms with van der Waals surface area (Å²) in [4.78, 5) is 2.38. The lowest BCUT2D eigenvalue weighted by atomic mass is 9.91. The van der Waals surface area contributed by atoms with Gasteiger partial charge < -0.3 is 10.0 Å². The van der Waals surface area contributed by atoms with Gasteiger partial charge in [-0.05, 0) is 44.0 Å². The molecular formula is C14H20BrNO. The van der Waals surface area contributed by atoms with E-state index in [0.717, 1.165) is 29.0 Å². The van der Waals surface area contributed by atoms with Crippen molar-refractivity contribution in [2.45, 2.75) is 37.8 Å². The van der Waals surface area contributed by atoms with Crippen LogP contribution in [0.4, 0.5) is 0 Å². The summed E-state index contributed by atoms with van der Waals surface area (Å²) in [5.74, 6) is 0. The van der Waals surface area contributed by atoms with Gasteiger partial charge in [0.1, 0.15) is 0 Å². The number of rotatable bonds is 5. The Balaban J connectivity index is 1.82. The van der Waals surface area contributed by atoms with Crippen molar-refractivity contribution >= 4 is 15.9 Å². The van der Waals surface area contributed by atoms with Crippen LogP contribution in [0.3, 0.4) is 0 Å². The topological polar surface area (TPSA) is 23.5 Å². The maximum absolute atomic E-state index is 10.1. The van der Waals surface area contributed by atoms with E-state index in [2.05, 4.69) is 27.9 Å². The van der Waals surface area contributed by atoms with Crippen LogP contribution in [-0.2, 0) is 0 Å². The van der Waals surface area contributed by atoms with Gasteiger partial charge in [0.2, 0.25) is 0 Å². The van der Waals surface area contributed by atoms with Gasteiger partial charge in [-0.3, -0.25) is 0 Å². The van der Waals surface area contributed by atoms with Gasteiger partial charge in [0.15, 0.2) is 0 Å². The Kier molecular flexibility index (Phi) is 4.60. The number of halogens is 1. The van der Waals surface area contributed by atoms with E-state index in [9.17, 15) is 5.11 Å². The molecule has 1 atom stereocenters. The molecule has 0 spiro atoms. The molecule has 0 amide bonds. The number of hydrogen-bond acceptors (Lipinski definition) is 2. The van der Waals surface area contributed by atoms with Gasteiger partial charge in [-0.25, -0.2) is 0 Å². The predicted molar refractivity (Wildman–Crippen MR) is 74.0 cm³/mol. The highest BCUT2D eigenvalue weighted by molar-refractivity contribution is 9.10. The van der Waals surface area contributed by atoms with Crippen molar-refractivity contribution in [2.75, 3.05) is 13.6 Å². The van der Waals surface area contributed by atoms with E-state index in [1.165, 1.54) is 19.3 Å². The summed E-state index contributed by atoms with van der Waals surface area (Å²) in [6.07, 6.45) is 4.47. The normalized spacial score (nSPS) is 18.1. The van der Waals surface area contributed by atoms with Gasteiger partial charge in [0, 0.05) is 17.1 Å². The van der Waals surface area contributed by atoms with E-state index < -0.39 is 0 Å². The Hall–Kier alpha value is -0.380. The van der Waals surface area contributed by atoms with Crippen LogP contribution >= 0.6 is 15.9 Å². The zero-order chi connectivity index (χ0) is 12.3. The van der Waals surface area contributed by atoms with Crippen LogP contribution in [0.1, 0.15) is 37.4 Å². The van der Waals surface area contributed by atoms with Crippen LogP contribution in [0.2, 0.25) is 0 Å². The van der Waals surface area contributed by atoms with Crippen LogP contribution in [0, 0.1) is 0 Å². The number of benzene rings is 1. The molecule has 1 aliphatic carbocycles. The number of aliphatic hydroxyl groups excluding tert-OH is 1. The fourth-order valence-corrected chi connectivity index (χ4v) is 2.63. The summed E-state index contributed by atoms with van der Waals surface area (Å²) in [6.45, 7) is 0.971. The number of hydrogen-bond donors (Lipinski definition) is 1. The van der Waals surface area contributed by atoms with Crippen LogP contribution in [0.15, 0.2) is 28.7 Å². The summed E-state index contributed by atoms with van der Waals surface area (Å²) in [6, 6.07) is 8.69. The molecular weight excluding hydrogens is 278 g/mol. The van der Waals surface area contributed by atoms with E-state index in [1.807, 2.05) is 24.3 Å². The molecule has 1 N–H and O–H groups in total. The average molecular weight is 298 g/mol.